The number of sulfone groups is 1. The molecule has 1 atom stereocenters. The summed E-state index contributed by atoms with van der Waals surface area (Å²) in [5, 5.41) is 4.07. The minimum atomic E-state index is -2.81. The van der Waals surface area contributed by atoms with Gasteiger partial charge in [0.2, 0.25) is 0 Å². The Balaban J connectivity index is 1.53. The second-order valence-electron chi connectivity index (χ2n) is 6.32. The number of anilines is 1. The molecule has 0 unspecified atom stereocenters. The number of hydrogen-bond acceptors (Lipinski definition) is 4. The lowest BCUT2D eigenvalue weighted by atomic mass is 10.2. The molecule has 2 saturated heterocycles. The predicted molar refractivity (Wildman–Crippen MR) is 97.6 cm³/mol. The van der Waals surface area contributed by atoms with Gasteiger partial charge in [-0.1, -0.05) is 18.2 Å². The molecule has 126 valence electrons. The number of nitrogens with one attached hydrogen (secondary N) is 1. The summed E-state index contributed by atoms with van der Waals surface area (Å²) in [5.74, 6) is 0.657. The lowest BCUT2D eigenvalue weighted by Gasteiger charge is -2.38. The van der Waals surface area contributed by atoms with Crippen LogP contribution in [0.4, 0.5) is 5.69 Å². The van der Waals surface area contributed by atoms with Gasteiger partial charge in [-0.25, -0.2) is 8.42 Å². The van der Waals surface area contributed by atoms with E-state index >= 15 is 0 Å². The van der Waals surface area contributed by atoms with Gasteiger partial charge in [-0.15, -0.1) is 0 Å². The Morgan fingerprint density at radius 1 is 1.22 bits per heavy atom. The Kier molecular flexibility index (Phi) is 4.89. The van der Waals surface area contributed by atoms with Gasteiger partial charge in [0.15, 0.2) is 14.9 Å². The van der Waals surface area contributed by atoms with Crippen molar-refractivity contribution >= 4 is 32.9 Å². The van der Waals surface area contributed by atoms with Gasteiger partial charge >= 0.3 is 0 Å². The monoisotopic (exact) mass is 353 g/mol. The van der Waals surface area contributed by atoms with Gasteiger partial charge < -0.3 is 10.2 Å². The van der Waals surface area contributed by atoms with Crippen molar-refractivity contribution in [2.45, 2.75) is 19.4 Å². The van der Waals surface area contributed by atoms with Gasteiger partial charge in [-0.05, 0) is 37.2 Å². The summed E-state index contributed by atoms with van der Waals surface area (Å²) in [7, 11) is -2.81. The van der Waals surface area contributed by atoms with Crippen LogP contribution >= 0.6 is 12.2 Å². The highest BCUT2D eigenvalue weighted by atomic mass is 32.2. The fourth-order valence-electron chi connectivity index (χ4n) is 3.26. The molecule has 1 aromatic carbocycles. The van der Waals surface area contributed by atoms with Crippen molar-refractivity contribution in [1.29, 1.82) is 0 Å². The van der Waals surface area contributed by atoms with Crippen LogP contribution < -0.4 is 5.32 Å². The number of para-hydroxylation sites is 1. The van der Waals surface area contributed by atoms with Crippen LogP contribution in [0.1, 0.15) is 12.0 Å². The van der Waals surface area contributed by atoms with E-state index in [1.807, 2.05) is 18.2 Å². The van der Waals surface area contributed by atoms with Crippen LogP contribution in [0.2, 0.25) is 0 Å². The van der Waals surface area contributed by atoms with Crippen LogP contribution in [-0.4, -0.2) is 67.1 Å². The van der Waals surface area contributed by atoms with E-state index in [-0.39, 0.29) is 6.04 Å². The molecule has 0 bridgehead atoms. The third-order valence-electron chi connectivity index (χ3n) is 4.71. The molecule has 5 nitrogen and oxygen atoms in total. The van der Waals surface area contributed by atoms with E-state index in [4.69, 9.17) is 12.2 Å². The molecule has 2 heterocycles. The Morgan fingerprint density at radius 3 is 2.52 bits per heavy atom. The molecule has 0 radical (unpaired) electrons. The quantitative estimate of drug-likeness (QED) is 0.813. The molecule has 1 aromatic rings. The number of hydrogen-bond donors (Lipinski definition) is 1. The van der Waals surface area contributed by atoms with Crippen molar-refractivity contribution in [3.63, 3.8) is 0 Å². The zero-order chi connectivity index (χ0) is 16.4. The highest BCUT2D eigenvalue weighted by Crippen LogP contribution is 2.20. The topological polar surface area (TPSA) is 52.6 Å². The normalized spacial score (nSPS) is 24.6. The van der Waals surface area contributed by atoms with E-state index in [0.717, 1.165) is 43.4 Å². The Labute approximate surface area is 143 Å². The molecule has 0 aliphatic carbocycles. The van der Waals surface area contributed by atoms with Crippen LogP contribution in [0.15, 0.2) is 24.3 Å². The third-order valence-corrected chi connectivity index (χ3v) is 6.82. The average Bonchev–Trinajstić information content (AvgIpc) is 2.90. The molecule has 0 amide bonds. The summed E-state index contributed by atoms with van der Waals surface area (Å²) in [4.78, 5) is 4.47. The first-order chi connectivity index (χ1) is 10.9. The van der Waals surface area contributed by atoms with E-state index in [1.54, 1.807) is 0 Å². The summed E-state index contributed by atoms with van der Waals surface area (Å²) >= 11 is 5.53. The number of aryl methyl sites for hydroxylation is 1. The molecule has 3 rings (SSSR count). The Hall–Kier alpha value is -1.18. The summed E-state index contributed by atoms with van der Waals surface area (Å²) < 4.78 is 23.2. The molecule has 23 heavy (non-hydrogen) atoms. The SMILES string of the molecule is Cc1ccccc1NC(=S)N1CCN([C@@H]2CCS(=O)(=O)C2)CC1. The number of piperazine rings is 1. The van der Waals surface area contributed by atoms with Gasteiger partial charge in [0.05, 0.1) is 11.5 Å². The highest BCUT2D eigenvalue weighted by Gasteiger charge is 2.33. The van der Waals surface area contributed by atoms with Crippen LogP contribution in [0.25, 0.3) is 0 Å². The van der Waals surface area contributed by atoms with Gasteiger partial charge in [0.1, 0.15) is 0 Å². The van der Waals surface area contributed by atoms with Crippen LogP contribution in [0, 0.1) is 6.92 Å². The van der Waals surface area contributed by atoms with E-state index in [2.05, 4.69) is 28.1 Å². The van der Waals surface area contributed by atoms with Crippen molar-refractivity contribution < 1.29 is 8.42 Å². The third kappa shape index (κ3) is 4.02. The van der Waals surface area contributed by atoms with Crippen molar-refractivity contribution in [3.05, 3.63) is 29.8 Å². The summed E-state index contributed by atoms with van der Waals surface area (Å²) in [6, 6.07) is 8.29. The number of thiocarbonyl (C=S) groups is 1. The molecular weight excluding hydrogens is 330 g/mol. The molecule has 0 saturated carbocycles. The van der Waals surface area contributed by atoms with Crippen molar-refractivity contribution in [1.82, 2.24) is 9.80 Å². The summed E-state index contributed by atoms with van der Waals surface area (Å²) in [5.41, 5.74) is 2.21. The average molecular weight is 354 g/mol. The molecule has 2 fully saturated rings. The molecule has 2 aliphatic rings. The zero-order valence-electron chi connectivity index (χ0n) is 13.4. The van der Waals surface area contributed by atoms with E-state index < -0.39 is 9.84 Å². The largest absolute Gasteiger partial charge is 0.346 e. The minimum Gasteiger partial charge on any atom is -0.346 e. The molecule has 2 aliphatic heterocycles. The van der Waals surface area contributed by atoms with Crippen molar-refractivity contribution in [2.75, 3.05) is 43.0 Å². The maximum Gasteiger partial charge on any atom is 0.173 e. The maximum atomic E-state index is 11.6. The van der Waals surface area contributed by atoms with Gasteiger partial charge in [0, 0.05) is 37.9 Å². The van der Waals surface area contributed by atoms with Crippen molar-refractivity contribution in [2.24, 2.45) is 0 Å². The van der Waals surface area contributed by atoms with Crippen LogP contribution in [0.3, 0.4) is 0 Å². The predicted octanol–water partition coefficient (Wildman–Crippen LogP) is 1.50. The van der Waals surface area contributed by atoms with Crippen LogP contribution in [0.5, 0.6) is 0 Å². The summed E-state index contributed by atoms with van der Waals surface area (Å²) in [6.45, 7) is 5.48. The lowest BCUT2D eigenvalue weighted by Crippen LogP contribution is -2.53. The first-order valence-electron chi connectivity index (χ1n) is 8.01. The Morgan fingerprint density at radius 2 is 1.91 bits per heavy atom. The molecular formula is C16H23N3O2S2. The van der Waals surface area contributed by atoms with Gasteiger partial charge in [-0.3, -0.25) is 4.90 Å². The lowest BCUT2D eigenvalue weighted by molar-refractivity contribution is 0.144. The molecule has 1 N–H and O–H groups in total. The first kappa shape index (κ1) is 16.7. The maximum absolute atomic E-state index is 11.6. The second kappa shape index (κ2) is 6.75. The van der Waals surface area contributed by atoms with Crippen molar-refractivity contribution in [3.8, 4) is 0 Å². The Bertz CT molecular complexity index is 682. The first-order valence-corrected chi connectivity index (χ1v) is 10.2. The second-order valence-corrected chi connectivity index (χ2v) is 8.94. The molecule has 0 aromatic heterocycles. The fraction of sp³-hybridized carbons (Fsp3) is 0.562. The number of benzene rings is 1. The molecule has 7 heteroatoms. The van der Waals surface area contributed by atoms with E-state index in [0.29, 0.717) is 11.5 Å². The van der Waals surface area contributed by atoms with E-state index in [1.165, 1.54) is 5.56 Å². The molecule has 0 spiro atoms. The number of nitrogens with zero attached hydrogens (tertiary/aromatic N) is 2. The number of rotatable bonds is 2. The van der Waals surface area contributed by atoms with E-state index in [9.17, 15) is 8.42 Å². The smallest absolute Gasteiger partial charge is 0.173 e. The standard InChI is InChI=1S/C16H23N3O2S2/c1-13-4-2-3-5-15(13)17-16(22)19-9-7-18(8-10-19)14-6-11-23(20,21)12-14/h2-5,14H,6-12H2,1H3,(H,17,22)/t14-/m1/s1. The zero-order valence-corrected chi connectivity index (χ0v) is 15.0. The fourth-order valence-corrected chi connectivity index (χ4v) is 5.32. The summed E-state index contributed by atoms with van der Waals surface area (Å²) in [6.07, 6.45) is 0.772. The van der Waals surface area contributed by atoms with Gasteiger partial charge in [0.25, 0.3) is 0 Å². The minimum absolute atomic E-state index is 0.194. The van der Waals surface area contributed by atoms with Crippen LogP contribution in [-0.2, 0) is 9.84 Å². The highest BCUT2D eigenvalue weighted by molar-refractivity contribution is 7.91. The van der Waals surface area contributed by atoms with Gasteiger partial charge in [-0.2, -0.15) is 0 Å².